The molecule has 1 heterocycles. The molecule has 0 saturated carbocycles. The second-order valence-corrected chi connectivity index (χ2v) is 5.29. The van der Waals surface area contributed by atoms with Gasteiger partial charge in [0.2, 0.25) is 5.95 Å². The van der Waals surface area contributed by atoms with E-state index in [0.717, 1.165) is 12.1 Å². The number of imidazole rings is 1. The van der Waals surface area contributed by atoms with Crippen LogP contribution in [0.4, 0.5) is 11.6 Å². The van der Waals surface area contributed by atoms with Crippen molar-refractivity contribution >= 4 is 21.7 Å². The van der Waals surface area contributed by atoms with Crippen molar-refractivity contribution in [2.24, 2.45) is 0 Å². The van der Waals surface area contributed by atoms with E-state index in [1.165, 1.54) is 25.6 Å². The summed E-state index contributed by atoms with van der Waals surface area (Å²) in [6.07, 6.45) is 2.80. The van der Waals surface area contributed by atoms with Gasteiger partial charge in [0.15, 0.2) is 0 Å². The molecule has 1 aromatic heterocycles. The minimum absolute atomic E-state index is 0.00133. The van der Waals surface area contributed by atoms with Gasteiger partial charge >= 0.3 is 0 Å². The third-order valence-electron chi connectivity index (χ3n) is 2.38. The molecule has 0 aliphatic carbocycles. The number of nitro groups is 1. The van der Waals surface area contributed by atoms with Crippen LogP contribution in [0.2, 0.25) is 0 Å². The first-order chi connectivity index (χ1) is 9.44. The predicted molar refractivity (Wildman–Crippen MR) is 69.0 cm³/mol. The number of hydrogen-bond donors (Lipinski definition) is 2. The standard InChI is InChI=1S/C10H10N4O5S/c1-19-8-3-2-7(14(15)16)6-9(8)20(17,18)13-10-11-4-5-12-10/h2-6H,1H3,(H2,11,12,13). The number of anilines is 1. The summed E-state index contributed by atoms with van der Waals surface area (Å²) >= 11 is 0. The molecule has 20 heavy (non-hydrogen) atoms. The number of rotatable bonds is 5. The maximum atomic E-state index is 12.2. The second kappa shape index (κ2) is 5.17. The average Bonchev–Trinajstić information content (AvgIpc) is 2.90. The SMILES string of the molecule is COc1ccc([N+](=O)[O-])cc1S(=O)(=O)Nc1ncc[nH]1. The lowest BCUT2D eigenvalue weighted by molar-refractivity contribution is -0.385. The smallest absolute Gasteiger partial charge is 0.271 e. The van der Waals surface area contributed by atoms with Gasteiger partial charge in [0.25, 0.3) is 15.7 Å². The number of nitrogens with one attached hydrogen (secondary N) is 2. The first kappa shape index (κ1) is 13.8. The molecule has 106 valence electrons. The van der Waals surface area contributed by atoms with Gasteiger partial charge in [0, 0.05) is 24.5 Å². The first-order valence-electron chi connectivity index (χ1n) is 5.28. The van der Waals surface area contributed by atoms with Gasteiger partial charge in [-0.15, -0.1) is 0 Å². The van der Waals surface area contributed by atoms with E-state index in [0.29, 0.717) is 0 Å². The monoisotopic (exact) mass is 298 g/mol. The van der Waals surface area contributed by atoms with Crippen LogP contribution in [0.15, 0.2) is 35.5 Å². The molecule has 0 spiro atoms. The zero-order valence-corrected chi connectivity index (χ0v) is 11.0. The number of nitro benzene ring substituents is 1. The number of H-pyrrole nitrogens is 1. The van der Waals surface area contributed by atoms with Crippen molar-refractivity contribution in [3.63, 3.8) is 0 Å². The molecule has 0 atom stereocenters. The Hall–Kier alpha value is -2.62. The Morgan fingerprint density at radius 1 is 1.45 bits per heavy atom. The Kier molecular flexibility index (Phi) is 3.57. The number of benzene rings is 1. The highest BCUT2D eigenvalue weighted by molar-refractivity contribution is 7.92. The van der Waals surface area contributed by atoms with E-state index < -0.39 is 14.9 Å². The van der Waals surface area contributed by atoms with Crippen molar-refractivity contribution in [3.05, 3.63) is 40.7 Å². The molecule has 0 bridgehead atoms. The number of ether oxygens (including phenoxy) is 1. The van der Waals surface area contributed by atoms with E-state index in [-0.39, 0.29) is 22.3 Å². The lowest BCUT2D eigenvalue weighted by Gasteiger charge is -2.09. The maximum Gasteiger partial charge on any atom is 0.271 e. The lowest BCUT2D eigenvalue weighted by Crippen LogP contribution is -2.15. The van der Waals surface area contributed by atoms with Gasteiger partial charge < -0.3 is 9.72 Å². The Morgan fingerprint density at radius 3 is 2.75 bits per heavy atom. The molecule has 0 fully saturated rings. The quantitative estimate of drug-likeness (QED) is 0.629. The van der Waals surface area contributed by atoms with Crippen molar-refractivity contribution in [2.45, 2.75) is 4.90 Å². The van der Waals surface area contributed by atoms with Crippen LogP contribution in [0.1, 0.15) is 0 Å². The summed E-state index contributed by atoms with van der Waals surface area (Å²) in [5.74, 6) is -0.00628. The number of hydrogen-bond acceptors (Lipinski definition) is 6. The molecule has 2 N–H and O–H groups in total. The van der Waals surface area contributed by atoms with Crippen LogP contribution in [0, 0.1) is 10.1 Å². The molecule has 0 saturated heterocycles. The van der Waals surface area contributed by atoms with Gasteiger partial charge in [-0.1, -0.05) is 0 Å². The molecule has 9 nitrogen and oxygen atoms in total. The molecule has 0 amide bonds. The third kappa shape index (κ3) is 2.69. The summed E-state index contributed by atoms with van der Waals surface area (Å²) in [6, 6.07) is 3.30. The first-order valence-corrected chi connectivity index (χ1v) is 6.77. The van der Waals surface area contributed by atoms with Crippen molar-refractivity contribution in [1.29, 1.82) is 0 Å². The van der Waals surface area contributed by atoms with Crippen LogP contribution in [0.25, 0.3) is 0 Å². The fourth-order valence-corrected chi connectivity index (χ4v) is 2.66. The van der Waals surface area contributed by atoms with Crippen LogP contribution in [0.3, 0.4) is 0 Å². The van der Waals surface area contributed by atoms with Crippen LogP contribution < -0.4 is 9.46 Å². The normalized spacial score (nSPS) is 11.1. The predicted octanol–water partition coefficient (Wildman–Crippen LogP) is 1.13. The van der Waals surface area contributed by atoms with Gasteiger partial charge in [-0.3, -0.25) is 10.1 Å². The topological polar surface area (TPSA) is 127 Å². The minimum atomic E-state index is -4.06. The van der Waals surface area contributed by atoms with Crippen LogP contribution in [-0.4, -0.2) is 30.4 Å². The lowest BCUT2D eigenvalue weighted by atomic mass is 10.3. The molecule has 10 heteroatoms. The summed E-state index contributed by atoms with van der Waals surface area (Å²) in [7, 11) is -2.78. The van der Waals surface area contributed by atoms with Crippen molar-refractivity contribution in [3.8, 4) is 5.75 Å². The molecule has 0 aliphatic rings. The van der Waals surface area contributed by atoms with E-state index in [1.54, 1.807) is 0 Å². The fraction of sp³-hybridized carbons (Fsp3) is 0.100. The highest BCUT2D eigenvalue weighted by Crippen LogP contribution is 2.29. The maximum absolute atomic E-state index is 12.2. The summed E-state index contributed by atoms with van der Waals surface area (Å²) < 4.78 is 31.4. The number of aromatic amines is 1. The zero-order valence-electron chi connectivity index (χ0n) is 10.2. The van der Waals surface area contributed by atoms with Crippen molar-refractivity contribution in [1.82, 2.24) is 9.97 Å². The molecule has 0 radical (unpaired) electrons. The van der Waals surface area contributed by atoms with E-state index in [2.05, 4.69) is 14.7 Å². The van der Waals surface area contributed by atoms with Crippen LogP contribution in [-0.2, 0) is 10.0 Å². The highest BCUT2D eigenvalue weighted by Gasteiger charge is 2.23. The molecule has 2 aromatic rings. The Morgan fingerprint density at radius 2 is 2.20 bits per heavy atom. The van der Waals surface area contributed by atoms with E-state index in [4.69, 9.17) is 4.74 Å². The minimum Gasteiger partial charge on any atom is -0.495 e. The average molecular weight is 298 g/mol. The van der Waals surface area contributed by atoms with E-state index >= 15 is 0 Å². The van der Waals surface area contributed by atoms with Gasteiger partial charge in [0.1, 0.15) is 10.6 Å². The number of sulfonamides is 1. The fourth-order valence-electron chi connectivity index (χ4n) is 1.49. The molecule has 0 unspecified atom stereocenters. The summed E-state index contributed by atoms with van der Waals surface area (Å²) in [4.78, 5) is 16.0. The van der Waals surface area contributed by atoms with Crippen LogP contribution >= 0.6 is 0 Å². The van der Waals surface area contributed by atoms with Gasteiger partial charge in [-0.2, -0.15) is 0 Å². The Balaban J connectivity index is 2.48. The summed E-state index contributed by atoms with van der Waals surface area (Å²) in [5, 5.41) is 10.7. The van der Waals surface area contributed by atoms with Crippen LogP contribution in [0.5, 0.6) is 5.75 Å². The number of non-ortho nitro benzene ring substituents is 1. The largest absolute Gasteiger partial charge is 0.495 e. The third-order valence-corrected chi connectivity index (χ3v) is 3.74. The molecular weight excluding hydrogens is 288 g/mol. The Labute approximate surface area is 113 Å². The highest BCUT2D eigenvalue weighted by atomic mass is 32.2. The van der Waals surface area contributed by atoms with Gasteiger partial charge in [0.05, 0.1) is 12.0 Å². The number of nitrogens with zero attached hydrogens (tertiary/aromatic N) is 2. The summed E-state index contributed by atoms with van der Waals surface area (Å²) in [5.41, 5.74) is -0.356. The molecule has 1 aromatic carbocycles. The molecule has 2 rings (SSSR count). The second-order valence-electron chi connectivity index (χ2n) is 3.64. The van der Waals surface area contributed by atoms with Crippen molar-refractivity contribution in [2.75, 3.05) is 11.8 Å². The Bertz CT molecular complexity index is 726. The number of aromatic nitrogens is 2. The van der Waals surface area contributed by atoms with Gasteiger partial charge in [-0.05, 0) is 6.07 Å². The van der Waals surface area contributed by atoms with E-state index in [1.807, 2.05) is 0 Å². The molecular formula is C10H10N4O5S. The van der Waals surface area contributed by atoms with E-state index in [9.17, 15) is 18.5 Å². The van der Waals surface area contributed by atoms with Gasteiger partial charge in [-0.25, -0.2) is 18.1 Å². The number of methoxy groups -OCH3 is 1. The summed E-state index contributed by atoms with van der Waals surface area (Å²) in [6.45, 7) is 0. The van der Waals surface area contributed by atoms with Crippen molar-refractivity contribution < 1.29 is 18.1 Å². The zero-order chi connectivity index (χ0) is 14.8. The molecule has 0 aliphatic heterocycles.